The number of carbonyl (C=O) groups excluding carboxylic acids is 2. The molecule has 0 spiro atoms. The summed E-state index contributed by atoms with van der Waals surface area (Å²) in [5, 5.41) is 10.8. The number of hydrogen-bond donors (Lipinski definition) is 0. The Labute approximate surface area is 119 Å². The van der Waals surface area contributed by atoms with Crippen molar-refractivity contribution in [1.82, 2.24) is 0 Å². The molecule has 0 N–H and O–H groups in total. The second-order valence-electron chi connectivity index (χ2n) is 5.40. The molecule has 2 amide bonds. The molecular formula is C14H13FN2O4. The van der Waals surface area contributed by atoms with Crippen LogP contribution >= 0.6 is 0 Å². The van der Waals surface area contributed by atoms with Gasteiger partial charge in [-0.05, 0) is 25.0 Å². The molecule has 1 aromatic rings. The average molecular weight is 292 g/mol. The quantitative estimate of drug-likeness (QED) is 0.476. The number of amides is 2. The molecule has 1 aromatic carbocycles. The molecule has 0 aromatic heterocycles. The summed E-state index contributed by atoms with van der Waals surface area (Å²) >= 11 is 0. The van der Waals surface area contributed by atoms with Crippen molar-refractivity contribution in [1.29, 1.82) is 0 Å². The highest BCUT2D eigenvalue weighted by Gasteiger charge is 2.48. The van der Waals surface area contributed by atoms with E-state index >= 15 is 0 Å². The van der Waals surface area contributed by atoms with Gasteiger partial charge in [0, 0.05) is 6.07 Å². The molecule has 2 fully saturated rings. The molecule has 110 valence electrons. The standard InChI is InChI=1S/C14H13FN2O4/c15-11-6-5-8(7-12(11)17(20)21)16-13(18)9-3-1-2-4-10(9)14(16)19/h5-7,9-10H,1-4H2/t9-,10-/m0/s1. The summed E-state index contributed by atoms with van der Waals surface area (Å²) in [6, 6.07) is 3.09. The van der Waals surface area contributed by atoms with Crippen LogP contribution < -0.4 is 4.90 Å². The van der Waals surface area contributed by atoms with E-state index in [1.807, 2.05) is 0 Å². The first-order valence-electron chi connectivity index (χ1n) is 6.82. The summed E-state index contributed by atoms with van der Waals surface area (Å²) in [4.78, 5) is 35.6. The van der Waals surface area contributed by atoms with E-state index in [1.165, 1.54) is 6.07 Å². The van der Waals surface area contributed by atoms with E-state index in [4.69, 9.17) is 0 Å². The summed E-state index contributed by atoms with van der Waals surface area (Å²) < 4.78 is 13.4. The van der Waals surface area contributed by atoms with Gasteiger partial charge in [0.2, 0.25) is 17.6 Å². The predicted octanol–water partition coefficient (Wildman–Crippen LogP) is 2.41. The Morgan fingerprint density at radius 3 is 2.24 bits per heavy atom. The minimum Gasteiger partial charge on any atom is -0.274 e. The number of imide groups is 1. The van der Waals surface area contributed by atoms with Crippen LogP contribution in [0.15, 0.2) is 18.2 Å². The van der Waals surface area contributed by atoms with Crippen molar-refractivity contribution >= 4 is 23.2 Å². The van der Waals surface area contributed by atoms with Crippen LogP contribution in [-0.2, 0) is 9.59 Å². The van der Waals surface area contributed by atoms with Crippen molar-refractivity contribution < 1.29 is 18.9 Å². The summed E-state index contributed by atoms with van der Waals surface area (Å²) in [6.07, 6.45) is 3.12. The SMILES string of the molecule is O=C1[C@H]2CCCC[C@@H]2C(=O)N1c1ccc(F)c([N+](=O)[O-])c1. The van der Waals surface area contributed by atoms with Gasteiger partial charge in [0.15, 0.2) is 0 Å². The van der Waals surface area contributed by atoms with E-state index in [2.05, 4.69) is 0 Å². The molecule has 21 heavy (non-hydrogen) atoms. The summed E-state index contributed by atoms with van der Waals surface area (Å²) in [5.74, 6) is -2.32. The van der Waals surface area contributed by atoms with Crippen LogP contribution in [0.5, 0.6) is 0 Å². The lowest BCUT2D eigenvalue weighted by Crippen LogP contribution is -2.30. The van der Waals surface area contributed by atoms with Crippen LogP contribution in [-0.4, -0.2) is 16.7 Å². The number of benzene rings is 1. The monoisotopic (exact) mass is 292 g/mol. The summed E-state index contributed by atoms with van der Waals surface area (Å²) in [7, 11) is 0. The Morgan fingerprint density at radius 2 is 1.71 bits per heavy atom. The molecule has 0 unspecified atom stereocenters. The van der Waals surface area contributed by atoms with Crippen molar-refractivity contribution in [3.8, 4) is 0 Å². The lowest BCUT2D eigenvalue weighted by atomic mass is 9.81. The van der Waals surface area contributed by atoms with Crippen LogP contribution in [0.2, 0.25) is 0 Å². The molecule has 1 heterocycles. The maximum Gasteiger partial charge on any atom is 0.306 e. The fraction of sp³-hybridized carbons (Fsp3) is 0.429. The maximum absolute atomic E-state index is 13.4. The Balaban J connectivity index is 2.00. The Kier molecular flexibility index (Phi) is 3.19. The molecule has 2 aliphatic rings. The van der Waals surface area contributed by atoms with Crippen molar-refractivity contribution in [2.24, 2.45) is 11.8 Å². The number of nitro groups is 1. The Bertz CT molecular complexity index is 622. The molecule has 1 aliphatic heterocycles. The van der Waals surface area contributed by atoms with Gasteiger partial charge >= 0.3 is 5.69 Å². The number of hydrogen-bond acceptors (Lipinski definition) is 4. The minimum absolute atomic E-state index is 0.0764. The van der Waals surface area contributed by atoms with Crippen LogP contribution in [0.3, 0.4) is 0 Å². The number of halogens is 1. The van der Waals surface area contributed by atoms with Gasteiger partial charge in [-0.3, -0.25) is 19.7 Å². The number of carbonyl (C=O) groups is 2. The number of rotatable bonds is 2. The zero-order valence-electron chi connectivity index (χ0n) is 11.1. The van der Waals surface area contributed by atoms with E-state index in [0.29, 0.717) is 12.8 Å². The minimum atomic E-state index is -0.986. The first-order chi connectivity index (χ1) is 10.0. The number of fused-ring (bicyclic) bond motifs is 1. The van der Waals surface area contributed by atoms with Gasteiger partial charge < -0.3 is 0 Å². The summed E-state index contributed by atoms with van der Waals surface area (Å²) in [5.41, 5.74) is -0.657. The number of nitrogens with zero attached hydrogens (tertiary/aromatic N) is 2. The van der Waals surface area contributed by atoms with Gasteiger partial charge in [0.25, 0.3) is 0 Å². The van der Waals surface area contributed by atoms with E-state index in [9.17, 15) is 24.1 Å². The molecule has 1 saturated carbocycles. The molecular weight excluding hydrogens is 279 g/mol. The Morgan fingerprint density at radius 1 is 1.14 bits per heavy atom. The van der Waals surface area contributed by atoms with Gasteiger partial charge in [-0.2, -0.15) is 4.39 Å². The topological polar surface area (TPSA) is 80.5 Å². The van der Waals surface area contributed by atoms with Crippen LogP contribution in [0, 0.1) is 27.8 Å². The second kappa shape index (κ2) is 4.91. The average Bonchev–Trinajstić information content (AvgIpc) is 2.72. The first kappa shape index (κ1) is 13.7. The highest BCUT2D eigenvalue weighted by molar-refractivity contribution is 6.22. The molecule has 0 bridgehead atoms. The molecule has 3 rings (SSSR count). The van der Waals surface area contributed by atoms with Crippen molar-refractivity contribution in [3.05, 3.63) is 34.1 Å². The lowest BCUT2D eigenvalue weighted by Gasteiger charge is -2.19. The van der Waals surface area contributed by atoms with E-state index in [1.54, 1.807) is 0 Å². The predicted molar refractivity (Wildman–Crippen MR) is 71.0 cm³/mol. The maximum atomic E-state index is 13.4. The second-order valence-corrected chi connectivity index (χ2v) is 5.40. The van der Waals surface area contributed by atoms with Crippen molar-refractivity contribution in [3.63, 3.8) is 0 Å². The van der Waals surface area contributed by atoms with Gasteiger partial charge in [0.1, 0.15) is 0 Å². The van der Waals surface area contributed by atoms with Crippen molar-refractivity contribution in [2.75, 3.05) is 4.90 Å². The summed E-state index contributed by atoms with van der Waals surface area (Å²) in [6.45, 7) is 0. The molecule has 2 atom stereocenters. The molecule has 1 aliphatic carbocycles. The largest absolute Gasteiger partial charge is 0.306 e. The fourth-order valence-corrected chi connectivity index (χ4v) is 3.20. The third-order valence-corrected chi connectivity index (χ3v) is 4.23. The molecule has 7 heteroatoms. The molecule has 6 nitrogen and oxygen atoms in total. The highest BCUT2D eigenvalue weighted by Crippen LogP contribution is 2.40. The van der Waals surface area contributed by atoms with Gasteiger partial charge in [-0.25, -0.2) is 4.90 Å². The lowest BCUT2D eigenvalue weighted by molar-refractivity contribution is -0.387. The van der Waals surface area contributed by atoms with Gasteiger partial charge in [-0.15, -0.1) is 0 Å². The van der Waals surface area contributed by atoms with E-state index < -0.39 is 16.4 Å². The number of anilines is 1. The zero-order chi connectivity index (χ0) is 15.1. The van der Waals surface area contributed by atoms with Gasteiger partial charge in [0.05, 0.1) is 22.4 Å². The van der Waals surface area contributed by atoms with Crippen molar-refractivity contribution in [2.45, 2.75) is 25.7 Å². The molecule has 1 saturated heterocycles. The van der Waals surface area contributed by atoms with Crippen LogP contribution in [0.25, 0.3) is 0 Å². The van der Waals surface area contributed by atoms with Gasteiger partial charge in [-0.1, -0.05) is 12.8 Å². The van der Waals surface area contributed by atoms with E-state index in [0.717, 1.165) is 29.9 Å². The zero-order valence-corrected chi connectivity index (χ0v) is 11.1. The fourth-order valence-electron chi connectivity index (χ4n) is 3.20. The normalized spacial score (nSPS) is 25.1. The first-order valence-corrected chi connectivity index (χ1v) is 6.82. The van der Waals surface area contributed by atoms with Crippen LogP contribution in [0.4, 0.5) is 15.8 Å². The smallest absolute Gasteiger partial charge is 0.274 e. The van der Waals surface area contributed by atoms with E-state index in [-0.39, 0.29) is 29.3 Å². The third kappa shape index (κ3) is 2.09. The van der Waals surface area contributed by atoms with Crippen LogP contribution in [0.1, 0.15) is 25.7 Å². The Hall–Kier alpha value is -2.31. The molecule has 0 radical (unpaired) electrons. The third-order valence-electron chi connectivity index (χ3n) is 4.23. The highest BCUT2D eigenvalue weighted by atomic mass is 19.1. The number of nitro benzene ring substituents is 1.